The molecular formula is C18H30N4. The molecule has 1 aromatic rings. The van der Waals surface area contributed by atoms with Gasteiger partial charge in [0.2, 0.25) is 0 Å². The van der Waals surface area contributed by atoms with E-state index >= 15 is 0 Å². The maximum atomic E-state index is 4.78. The molecule has 1 unspecified atom stereocenters. The van der Waals surface area contributed by atoms with Gasteiger partial charge in [-0.15, -0.1) is 0 Å². The van der Waals surface area contributed by atoms with Gasteiger partial charge in [0, 0.05) is 19.1 Å². The molecule has 1 aromatic carbocycles. The summed E-state index contributed by atoms with van der Waals surface area (Å²) in [7, 11) is 4.32. The summed E-state index contributed by atoms with van der Waals surface area (Å²) in [5.41, 5.74) is 1.36. The van der Waals surface area contributed by atoms with Crippen LogP contribution in [0.4, 0.5) is 0 Å². The molecule has 0 aliphatic heterocycles. The third kappa shape index (κ3) is 5.68. The van der Waals surface area contributed by atoms with Crippen LogP contribution in [0.5, 0.6) is 0 Å². The fourth-order valence-electron chi connectivity index (χ4n) is 2.71. The average Bonchev–Trinajstić information content (AvgIpc) is 3.33. The van der Waals surface area contributed by atoms with Crippen molar-refractivity contribution in [1.82, 2.24) is 15.5 Å². The molecule has 1 aliphatic rings. The molecule has 22 heavy (non-hydrogen) atoms. The van der Waals surface area contributed by atoms with Gasteiger partial charge in [0.15, 0.2) is 5.96 Å². The maximum absolute atomic E-state index is 4.78. The first-order chi connectivity index (χ1) is 10.7. The predicted octanol–water partition coefficient (Wildman–Crippen LogP) is 2.12. The monoisotopic (exact) mass is 302 g/mol. The Kier molecular flexibility index (Phi) is 6.72. The lowest BCUT2D eigenvalue weighted by molar-refractivity contribution is 0.271. The third-order valence-electron chi connectivity index (χ3n) is 4.16. The Balaban J connectivity index is 1.81. The summed E-state index contributed by atoms with van der Waals surface area (Å²) in [6.07, 6.45) is 3.73. The topological polar surface area (TPSA) is 39.7 Å². The number of aliphatic imine (C=N–C) groups is 1. The van der Waals surface area contributed by atoms with E-state index in [4.69, 9.17) is 4.99 Å². The molecule has 0 saturated heterocycles. The second-order valence-corrected chi connectivity index (χ2v) is 6.25. The Labute approximate surface area is 135 Å². The van der Waals surface area contributed by atoms with Crippen LogP contribution in [0.15, 0.2) is 35.3 Å². The van der Waals surface area contributed by atoms with E-state index in [1.54, 1.807) is 0 Å². The number of likely N-dealkylation sites (N-methyl/N-ethyl adjacent to an activating group) is 1. The molecule has 1 atom stereocenters. The standard InChI is InChI=1S/C18H30N4/c1-4-19-18(20-13-12-15-8-6-5-7-9-15)21-14-17(22(2)3)16-10-11-16/h5-9,16-17H,4,10-14H2,1-3H3,(H2,19,20,21). The highest BCUT2D eigenvalue weighted by Crippen LogP contribution is 2.34. The maximum Gasteiger partial charge on any atom is 0.191 e. The molecule has 122 valence electrons. The SMILES string of the molecule is CCNC(=NCC(C1CC1)N(C)C)NCCc1ccccc1. The molecule has 0 amide bonds. The van der Waals surface area contributed by atoms with E-state index in [1.807, 2.05) is 0 Å². The molecule has 0 aromatic heterocycles. The Bertz CT molecular complexity index is 449. The summed E-state index contributed by atoms with van der Waals surface area (Å²) in [4.78, 5) is 7.09. The van der Waals surface area contributed by atoms with Crippen LogP contribution < -0.4 is 10.6 Å². The van der Waals surface area contributed by atoms with E-state index in [9.17, 15) is 0 Å². The summed E-state index contributed by atoms with van der Waals surface area (Å²) in [6.45, 7) is 4.79. The number of benzene rings is 1. The first-order valence-corrected chi connectivity index (χ1v) is 8.43. The largest absolute Gasteiger partial charge is 0.357 e. The van der Waals surface area contributed by atoms with Gasteiger partial charge in [-0.3, -0.25) is 4.99 Å². The van der Waals surface area contributed by atoms with Crippen LogP contribution >= 0.6 is 0 Å². The van der Waals surface area contributed by atoms with Crippen molar-refractivity contribution in [2.75, 3.05) is 33.7 Å². The van der Waals surface area contributed by atoms with Crippen molar-refractivity contribution in [3.05, 3.63) is 35.9 Å². The zero-order valence-electron chi connectivity index (χ0n) is 14.2. The number of nitrogens with zero attached hydrogens (tertiary/aromatic N) is 2. The summed E-state index contributed by atoms with van der Waals surface area (Å²) in [5, 5.41) is 6.79. The Morgan fingerprint density at radius 3 is 2.55 bits per heavy atom. The fraction of sp³-hybridized carbons (Fsp3) is 0.611. The van der Waals surface area contributed by atoms with E-state index in [2.05, 4.69) is 66.9 Å². The minimum atomic E-state index is 0.574. The van der Waals surface area contributed by atoms with Crippen molar-refractivity contribution in [1.29, 1.82) is 0 Å². The highest BCUT2D eigenvalue weighted by Gasteiger charge is 2.32. The van der Waals surface area contributed by atoms with Gasteiger partial charge in [-0.25, -0.2) is 0 Å². The number of nitrogens with one attached hydrogen (secondary N) is 2. The van der Waals surface area contributed by atoms with Crippen molar-refractivity contribution < 1.29 is 0 Å². The zero-order valence-corrected chi connectivity index (χ0v) is 14.2. The first kappa shape index (κ1) is 16.8. The van der Waals surface area contributed by atoms with Crippen molar-refractivity contribution >= 4 is 5.96 Å². The zero-order chi connectivity index (χ0) is 15.8. The predicted molar refractivity (Wildman–Crippen MR) is 94.3 cm³/mol. The van der Waals surface area contributed by atoms with Gasteiger partial charge < -0.3 is 15.5 Å². The lowest BCUT2D eigenvalue weighted by atomic mass is 10.1. The number of hydrogen-bond donors (Lipinski definition) is 2. The molecule has 2 rings (SSSR count). The van der Waals surface area contributed by atoms with Crippen LogP contribution in [0.25, 0.3) is 0 Å². The van der Waals surface area contributed by atoms with E-state index in [0.29, 0.717) is 6.04 Å². The first-order valence-electron chi connectivity index (χ1n) is 8.43. The molecule has 0 radical (unpaired) electrons. The van der Waals surface area contributed by atoms with Gasteiger partial charge in [0.05, 0.1) is 6.54 Å². The van der Waals surface area contributed by atoms with Crippen LogP contribution in [0.1, 0.15) is 25.3 Å². The number of hydrogen-bond acceptors (Lipinski definition) is 2. The Morgan fingerprint density at radius 2 is 1.95 bits per heavy atom. The van der Waals surface area contributed by atoms with Gasteiger partial charge in [0.1, 0.15) is 0 Å². The molecule has 2 N–H and O–H groups in total. The molecule has 0 bridgehead atoms. The van der Waals surface area contributed by atoms with Crippen molar-refractivity contribution in [2.24, 2.45) is 10.9 Å². The smallest absolute Gasteiger partial charge is 0.191 e. The van der Waals surface area contributed by atoms with E-state index in [-0.39, 0.29) is 0 Å². The van der Waals surface area contributed by atoms with Crippen molar-refractivity contribution in [2.45, 2.75) is 32.2 Å². The molecule has 1 saturated carbocycles. The van der Waals surface area contributed by atoms with Gasteiger partial charge in [0.25, 0.3) is 0 Å². The summed E-state index contributed by atoms with van der Waals surface area (Å²) in [5.74, 6) is 1.77. The van der Waals surface area contributed by atoms with Crippen LogP contribution in [0.3, 0.4) is 0 Å². The fourth-order valence-corrected chi connectivity index (χ4v) is 2.71. The minimum absolute atomic E-state index is 0.574. The summed E-state index contributed by atoms with van der Waals surface area (Å²) < 4.78 is 0. The van der Waals surface area contributed by atoms with Crippen LogP contribution in [0, 0.1) is 5.92 Å². The molecule has 4 heteroatoms. The highest BCUT2D eigenvalue weighted by atomic mass is 15.2. The van der Waals surface area contributed by atoms with Crippen molar-refractivity contribution in [3.63, 3.8) is 0 Å². The number of rotatable bonds is 8. The molecular weight excluding hydrogens is 272 g/mol. The highest BCUT2D eigenvalue weighted by molar-refractivity contribution is 5.79. The lowest BCUT2D eigenvalue weighted by Crippen LogP contribution is -2.40. The lowest BCUT2D eigenvalue weighted by Gasteiger charge is -2.23. The van der Waals surface area contributed by atoms with Gasteiger partial charge in [-0.05, 0) is 51.8 Å². The van der Waals surface area contributed by atoms with E-state index in [1.165, 1.54) is 18.4 Å². The second-order valence-electron chi connectivity index (χ2n) is 6.25. The van der Waals surface area contributed by atoms with Gasteiger partial charge in [-0.1, -0.05) is 30.3 Å². The summed E-state index contributed by atoms with van der Waals surface area (Å²) >= 11 is 0. The Hall–Kier alpha value is -1.55. The number of guanidine groups is 1. The normalized spacial score (nSPS) is 16.6. The van der Waals surface area contributed by atoms with Crippen LogP contribution in [-0.4, -0.2) is 50.6 Å². The van der Waals surface area contributed by atoms with Crippen LogP contribution in [-0.2, 0) is 6.42 Å². The molecule has 0 spiro atoms. The molecule has 0 heterocycles. The van der Waals surface area contributed by atoms with E-state index in [0.717, 1.165) is 37.9 Å². The second kappa shape index (κ2) is 8.79. The van der Waals surface area contributed by atoms with Gasteiger partial charge in [-0.2, -0.15) is 0 Å². The van der Waals surface area contributed by atoms with Crippen molar-refractivity contribution in [3.8, 4) is 0 Å². The average molecular weight is 302 g/mol. The molecule has 1 aliphatic carbocycles. The molecule has 4 nitrogen and oxygen atoms in total. The summed E-state index contributed by atoms with van der Waals surface area (Å²) in [6, 6.07) is 11.1. The van der Waals surface area contributed by atoms with Crippen LogP contribution in [0.2, 0.25) is 0 Å². The molecule has 1 fully saturated rings. The third-order valence-corrected chi connectivity index (χ3v) is 4.16. The Morgan fingerprint density at radius 1 is 1.23 bits per heavy atom. The quantitative estimate of drug-likeness (QED) is 0.571. The van der Waals surface area contributed by atoms with E-state index < -0.39 is 0 Å². The minimum Gasteiger partial charge on any atom is -0.357 e. The van der Waals surface area contributed by atoms with Gasteiger partial charge >= 0.3 is 0 Å².